The minimum absolute atomic E-state index is 0.105. The molecule has 1 aromatic carbocycles. The molecule has 6 nitrogen and oxygen atoms in total. The lowest BCUT2D eigenvalue weighted by molar-refractivity contribution is 0.0254. The maximum absolute atomic E-state index is 11.8. The van der Waals surface area contributed by atoms with Crippen molar-refractivity contribution in [1.29, 1.82) is 0 Å². The Morgan fingerprint density at radius 2 is 1.95 bits per heavy atom. The summed E-state index contributed by atoms with van der Waals surface area (Å²) in [7, 11) is 0. The lowest BCUT2D eigenvalue weighted by atomic mass is 10.1. The maximum Gasteiger partial charge on any atom is 0.341 e. The van der Waals surface area contributed by atoms with Crippen molar-refractivity contribution in [2.45, 2.75) is 19.3 Å². The Kier molecular flexibility index (Phi) is 4.13. The summed E-state index contributed by atoms with van der Waals surface area (Å²) >= 11 is 0. The fourth-order valence-corrected chi connectivity index (χ4v) is 1.40. The van der Waals surface area contributed by atoms with E-state index in [0.717, 1.165) is 0 Å². The van der Waals surface area contributed by atoms with E-state index in [2.05, 4.69) is 0 Å². The number of rotatable bonds is 5. The quantitative estimate of drug-likeness (QED) is 0.625. The fourth-order valence-electron chi connectivity index (χ4n) is 1.40. The molecule has 6 heteroatoms. The first-order valence-electron chi connectivity index (χ1n) is 5.84. The van der Waals surface area contributed by atoms with Gasteiger partial charge in [0.2, 0.25) is 6.29 Å². The topological polar surface area (TPSA) is 85.4 Å². The minimum Gasteiger partial charge on any atom is -0.459 e. The van der Waals surface area contributed by atoms with Crippen LogP contribution in [0.15, 0.2) is 24.3 Å². The van der Waals surface area contributed by atoms with Crippen molar-refractivity contribution in [3.63, 3.8) is 0 Å². The van der Waals surface area contributed by atoms with E-state index in [0.29, 0.717) is 6.61 Å². The van der Waals surface area contributed by atoms with Crippen LogP contribution in [0.5, 0.6) is 0 Å². The van der Waals surface area contributed by atoms with Crippen molar-refractivity contribution in [3.05, 3.63) is 35.4 Å². The molecular formula is C13H14O6. The third kappa shape index (κ3) is 3.77. The summed E-state index contributed by atoms with van der Waals surface area (Å²) in [4.78, 5) is 23.6. The largest absolute Gasteiger partial charge is 0.459 e. The van der Waals surface area contributed by atoms with Gasteiger partial charge in [0.05, 0.1) is 17.2 Å². The number of hydrogen-bond acceptors (Lipinski definition) is 6. The van der Waals surface area contributed by atoms with Crippen LogP contribution in [0, 0.1) is 0 Å². The van der Waals surface area contributed by atoms with Gasteiger partial charge in [-0.05, 0) is 19.1 Å². The van der Waals surface area contributed by atoms with Gasteiger partial charge in [0.15, 0.2) is 0 Å². The van der Waals surface area contributed by atoms with E-state index in [-0.39, 0.29) is 17.7 Å². The van der Waals surface area contributed by atoms with Crippen LogP contribution in [0.25, 0.3) is 0 Å². The maximum atomic E-state index is 11.8. The number of hydrogen-bond donors (Lipinski definition) is 1. The molecule has 0 radical (unpaired) electrons. The van der Waals surface area contributed by atoms with Crippen molar-refractivity contribution in [1.82, 2.24) is 0 Å². The van der Waals surface area contributed by atoms with E-state index < -0.39 is 24.3 Å². The van der Waals surface area contributed by atoms with Crippen LogP contribution in [-0.4, -0.2) is 42.7 Å². The summed E-state index contributed by atoms with van der Waals surface area (Å²) in [6.45, 7) is 1.74. The number of ether oxygens (including phenoxy) is 3. The molecule has 2 unspecified atom stereocenters. The van der Waals surface area contributed by atoms with Crippen LogP contribution in [-0.2, 0) is 14.2 Å². The van der Waals surface area contributed by atoms with Crippen LogP contribution >= 0.6 is 0 Å². The first-order chi connectivity index (χ1) is 9.08. The van der Waals surface area contributed by atoms with Crippen molar-refractivity contribution >= 4 is 11.9 Å². The van der Waals surface area contributed by atoms with Gasteiger partial charge < -0.3 is 19.3 Å². The van der Waals surface area contributed by atoms with Crippen molar-refractivity contribution in [2.24, 2.45) is 0 Å². The summed E-state index contributed by atoms with van der Waals surface area (Å²) in [5, 5.41) is 9.07. The summed E-state index contributed by atoms with van der Waals surface area (Å²) < 4.78 is 14.6. The minimum atomic E-state index is -0.761. The molecule has 19 heavy (non-hydrogen) atoms. The van der Waals surface area contributed by atoms with Gasteiger partial charge in [-0.15, -0.1) is 0 Å². The molecule has 2 atom stereocenters. The molecule has 0 spiro atoms. The third-order valence-corrected chi connectivity index (χ3v) is 2.36. The smallest absolute Gasteiger partial charge is 0.341 e. The van der Waals surface area contributed by atoms with E-state index in [1.54, 1.807) is 12.1 Å². The molecule has 0 amide bonds. The molecule has 1 saturated heterocycles. The molecule has 1 aliphatic heterocycles. The highest BCUT2D eigenvalue weighted by Crippen LogP contribution is 2.17. The van der Waals surface area contributed by atoms with Gasteiger partial charge in [0.1, 0.15) is 13.2 Å². The SMILES string of the molecule is CC(O)COC(=O)c1ccccc1C(=O)OC1CO1. The summed E-state index contributed by atoms with van der Waals surface area (Å²) in [6, 6.07) is 6.18. The number of aliphatic hydroxyl groups excluding tert-OH is 1. The Bertz CT molecular complexity index is 478. The number of esters is 2. The second-order valence-corrected chi connectivity index (χ2v) is 4.16. The average Bonchev–Trinajstić information content (AvgIpc) is 3.19. The number of benzene rings is 1. The van der Waals surface area contributed by atoms with Gasteiger partial charge in [-0.2, -0.15) is 0 Å². The van der Waals surface area contributed by atoms with Gasteiger partial charge in [0, 0.05) is 0 Å². The highest BCUT2D eigenvalue weighted by molar-refractivity contribution is 6.03. The third-order valence-electron chi connectivity index (χ3n) is 2.36. The zero-order chi connectivity index (χ0) is 13.8. The number of carbonyl (C=O) groups is 2. The highest BCUT2D eigenvalue weighted by atomic mass is 16.8. The molecular weight excluding hydrogens is 252 g/mol. The number of epoxide rings is 1. The van der Waals surface area contributed by atoms with E-state index in [9.17, 15) is 9.59 Å². The predicted molar refractivity (Wildman–Crippen MR) is 63.6 cm³/mol. The van der Waals surface area contributed by atoms with Crippen LogP contribution in [0.3, 0.4) is 0 Å². The van der Waals surface area contributed by atoms with Crippen molar-refractivity contribution in [2.75, 3.05) is 13.2 Å². The molecule has 1 aliphatic rings. The molecule has 1 aromatic rings. The molecule has 1 heterocycles. The second kappa shape index (κ2) is 5.81. The molecule has 0 aliphatic carbocycles. The molecule has 102 valence electrons. The van der Waals surface area contributed by atoms with Crippen molar-refractivity contribution < 1.29 is 28.9 Å². The van der Waals surface area contributed by atoms with E-state index in [1.807, 2.05) is 0 Å². The summed E-state index contributed by atoms with van der Waals surface area (Å²) in [5.74, 6) is -1.31. The normalized spacial score (nSPS) is 18.5. The highest BCUT2D eigenvalue weighted by Gasteiger charge is 2.29. The van der Waals surface area contributed by atoms with Crippen LogP contribution in [0.2, 0.25) is 0 Å². The Balaban J connectivity index is 2.10. The van der Waals surface area contributed by atoms with Crippen LogP contribution in [0.1, 0.15) is 27.6 Å². The summed E-state index contributed by atoms with van der Waals surface area (Å²) in [5.41, 5.74) is 0.224. The zero-order valence-corrected chi connectivity index (χ0v) is 10.4. The Hall–Kier alpha value is -1.92. The first kappa shape index (κ1) is 13.5. The molecule has 0 aromatic heterocycles. The standard InChI is InChI=1S/C13H14O6/c1-8(14)6-18-12(15)9-4-2-3-5-10(9)13(16)19-11-7-17-11/h2-5,8,11,14H,6-7H2,1H3. The van der Waals surface area contributed by atoms with Gasteiger partial charge in [-0.3, -0.25) is 0 Å². The van der Waals surface area contributed by atoms with Crippen LogP contribution in [0.4, 0.5) is 0 Å². The van der Waals surface area contributed by atoms with Gasteiger partial charge in [-0.25, -0.2) is 9.59 Å². The molecule has 2 rings (SSSR count). The van der Waals surface area contributed by atoms with E-state index >= 15 is 0 Å². The average molecular weight is 266 g/mol. The monoisotopic (exact) mass is 266 g/mol. The fraction of sp³-hybridized carbons (Fsp3) is 0.385. The van der Waals surface area contributed by atoms with E-state index in [4.69, 9.17) is 19.3 Å². The van der Waals surface area contributed by atoms with E-state index in [1.165, 1.54) is 19.1 Å². The van der Waals surface area contributed by atoms with Gasteiger partial charge in [0.25, 0.3) is 0 Å². The van der Waals surface area contributed by atoms with Gasteiger partial charge in [-0.1, -0.05) is 12.1 Å². The summed E-state index contributed by atoms with van der Waals surface area (Å²) in [6.07, 6.45) is -1.28. The molecule has 0 saturated carbocycles. The number of aliphatic hydroxyl groups is 1. The Labute approximate surface area is 109 Å². The Morgan fingerprint density at radius 3 is 2.47 bits per heavy atom. The number of carbonyl (C=O) groups excluding carboxylic acids is 2. The molecule has 1 fully saturated rings. The predicted octanol–water partition coefficient (Wildman–Crippen LogP) is 0.737. The van der Waals surface area contributed by atoms with Gasteiger partial charge >= 0.3 is 11.9 Å². The first-order valence-corrected chi connectivity index (χ1v) is 5.84. The molecule has 0 bridgehead atoms. The Morgan fingerprint density at radius 1 is 1.37 bits per heavy atom. The molecule has 1 N–H and O–H groups in total. The van der Waals surface area contributed by atoms with Crippen LogP contribution < -0.4 is 0 Å². The lowest BCUT2D eigenvalue weighted by Gasteiger charge is -2.09. The zero-order valence-electron chi connectivity index (χ0n) is 10.4. The van der Waals surface area contributed by atoms with Crippen molar-refractivity contribution in [3.8, 4) is 0 Å². The lowest BCUT2D eigenvalue weighted by Crippen LogP contribution is -2.18. The second-order valence-electron chi connectivity index (χ2n) is 4.16.